The topological polar surface area (TPSA) is 145 Å². The maximum Gasteiger partial charge on any atom is 0.274 e. The highest BCUT2D eigenvalue weighted by atomic mass is 16.5. The zero-order chi connectivity index (χ0) is 27.5. The highest BCUT2D eigenvalue weighted by molar-refractivity contribution is 6.18. The van der Waals surface area contributed by atoms with Crippen molar-refractivity contribution < 1.29 is 14.3 Å². The summed E-state index contributed by atoms with van der Waals surface area (Å²) in [6.07, 6.45) is 9.00. The molecule has 1 amide bonds. The van der Waals surface area contributed by atoms with Gasteiger partial charge in [0.1, 0.15) is 17.3 Å². The Labute approximate surface area is 224 Å². The number of carbonyl (C=O) groups excluding carboxylic acids is 1. The van der Waals surface area contributed by atoms with Gasteiger partial charge in [-0.15, -0.1) is 0 Å². The van der Waals surface area contributed by atoms with Crippen molar-refractivity contribution in [1.29, 1.82) is 0 Å². The minimum absolute atomic E-state index is 0.00445. The molecule has 1 aliphatic heterocycles. The van der Waals surface area contributed by atoms with E-state index in [2.05, 4.69) is 37.6 Å². The van der Waals surface area contributed by atoms with Gasteiger partial charge in [0.25, 0.3) is 11.5 Å². The smallest absolute Gasteiger partial charge is 0.274 e. The Balaban J connectivity index is 0.00000127. The molecule has 11 nitrogen and oxygen atoms in total. The molecule has 0 bridgehead atoms. The third-order valence-electron chi connectivity index (χ3n) is 6.67. The molecule has 0 aromatic carbocycles. The second kappa shape index (κ2) is 14.5. The minimum Gasteiger partial charge on any atom is -0.404 e. The highest BCUT2D eigenvalue weighted by Crippen LogP contribution is 2.25. The lowest BCUT2D eigenvalue weighted by molar-refractivity contribution is -0.116. The van der Waals surface area contributed by atoms with Gasteiger partial charge in [0, 0.05) is 52.4 Å². The number of pyridine rings is 1. The lowest BCUT2D eigenvalue weighted by Crippen LogP contribution is -2.38. The fourth-order valence-corrected chi connectivity index (χ4v) is 4.81. The monoisotopic (exact) mass is 527 g/mol. The summed E-state index contributed by atoms with van der Waals surface area (Å²) < 4.78 is 11.5. The number of rotatable bonds is 7. The number of anilines is 3. The largest absolute Gasteiger partial charge is 0.404 e. The minimum atomic E-state index is -0.301. The number of nitrogens with two attached hydrogens (primary N) is 1. The van der Waals surface area contributed by atoms with Gasteiger partial charge >= 0.3 is 0 Å². The molecule has 2 unspecified atom stereocenters. The second-order valence-electron chi connectivity index (χ2n) is 9.77. The number of nitrogens with zero attached hydrogens (tertiary/aromatic N) is 3. The molecule has 3 atom stereocenters. The molecule has 1 saturated carbocycles. The van der Waals surface area contributed by atoms with E-state index in [4.69, 9.17) is 10.5 Å². The van der Waals surface area contributed by atoms with E-state index < -0.39 is 0 Å². The van der Waals surface area contributed by atoms with Gasteiger partial charge in [-0.1, -0.05) is 19.8 Å². The number of hydrogen-bond donors (Lipinski definition) is 4. The Hall–Kier alpha value is -3.44. The van der Waals surface area contributed by atoms with Gasteiger partial charge in [-0.25, -0.2) is 9.97 Å². The van der Waals surface area contributed by atoms with Gasteiger partial charge in [-0.3, -0.25) is 9.59 Å². The third kappa shape index (κ3) is 7.78. The average molecular weight is 528 g/mol. The number of nitrogens with one attached hydrogen (secondary N) is 3. The summed E-state index contributed by atoms with van der Waals surface area (Å²) in [6.45, 7) is 3.45. The van der Waals surface area contributed by atoms with Crippen LogP contribution in [0.1, 0.15) is 57.3 Å². The van der Waals surface area contributed by atoms with Crippen LogP contribution in [0.2, 0.25) is 0 Å². The molecule has 38 heavy (non-hydrogen) atoms. The quantitative estimate of drug-likeness (QED) is 0.399. The van der Waals surface area contributed by atoms with Gasteiger partial charge in [0.15, 0.2) is 5.82 Å². The van der Waals surface area contributed by atoms with Crippen LogP contribution in [-0.2, 0) is 14.3 Å². The van der Waals surface area contributed by atoms with Gasteiger partial charge in [-0.2, -0.15) is 0 Å². The van der Waals surface area contributed by atoms with E-state index in [1.54, 1.807) is 44.2 Å². The summed E-state index contributed by atoms with van der Waals surface area (Å²) in [4.78, 5) is 35.1. The van der Waals surface area contributed by atoms with E-state index in [0.29, 0.717) is 29.8 Å². The van der Waals surface area contributed by atoms with Gasteiger partial charge in [-0.05, 0) is 43.7 Å². The number of aromatic nitrogens is 3. The predicted molar refractivity (Wildman–Crippen MR) is 149 cm³/mol. The molecule has 1 saturated heterocycles. The molecule has 3 heterocycles. The van der Waals surface area contributed by atoms with Crippen molar-refractivity contribution in [1.82, 2.24) is 19.9 Å². The van der Waals surface area contributed by atoms with Gasteiger partial charge < -0.3 is 35.7 Å². The van der Waals surface area contributed by atoms with Crippen LogP contribution in [0.3, 0.4) is 0 Å². The summed E-state index contributed by atoms with van der Waals surface area (Å²) in [5, 5.41) is 9.18. The molecule has 4 rings (SSSR count). The first-order valence-corrected chi connectivity index (χ1v) is 13.2. The van der Waals surface area contributed by atoms with Gasteiger partial charge in [0.05, 0.1) is 18.2 Å². The van der Waals surface area contributed by atoms with Crippen molar-refractivity contribution in [3.05, 3.63) is 46.8 Å². The Kier molecular flexibility index (Phi) is 11.1. The molecule has 11 heteroatoms. The maximum atomic E-state index is 13.1. The number of methoxy groups -OCH3 is 1. The zero-order valence-corrected chi connectivity index (χ0v) is 22.8. The van der Waals surface area contributed by atoms with Crippen molar-refractivity contribution in [2.45, 2.75) is 57.5 Å². The first-order valence-electron chi connectivity index (χ1n) is 13.2. The molecule has 0 spiro atoms. The SMILES string of the molecule is CNc1cc(Nc2cccn(C3CCCOC3)c2=O)nc(/C(=C\N)C(=O)N[C@@H]2CCCC(C)C2)n1.COC. The van der Waals surface area contributed by atoms with Crippen LogP contribution in [-0.4, -0.2) is 61.0 Å². The van der Waals surface area contributed by atoms with E-state index in [9.17, 15) is 9.59 Å². The molecule has 1 aliphatic carbocycles. The number of ether oxygens (including phenoxy) is 2. The zero-order valence-electron chi connectivity index (χ0n) is 22.8. The lowest BCUT2D eigenvalue weighted by atomic mass is 9.87. The van der Waals surface area contributed by atoms with Crippen molar-refractivity contribution >= 4 is 28.8 Å². The third-order valence-corrected chi connectivity index (χ3v) is 6.67. The molecular formula is C27H41N7O4. The molecule has 0 radical (unpaired) electrons. The predicted octanol–water partition coefficient (Wildman–Crippen LogP) is 3.03. The second-order valence-corrected chi connectivity index (χ2v) is 9.77. The van der Waals surface area contributed by atoms with Crippen molar-refractivity contribution in [2.75, 3.05) is 45.1 Å². The molecular weight excluding hydrogens is 486 g/mol. The normalized spacial score (nSPS) is 21.6. The Bertz CT molecular complexity index is 1140. The van der Waals surface area contributed by atoms with Crippen molar-refractivity contribution in [3.8, 4) is 0 Å². The number of amides is 1. The summed E-state index contributed by atoms with van der Waals surface area (Å²) in [5.74, 6) is 1.33. The molecule has 2 fully saturated rings. The van der Waals surface area contributed by atoms with Crippen LogP contribution in [0.15, 0.2) is 35.4 Å². The van der Waals surface area contributed by atoms with E-state index in [1.807, 2.05) is 6.07 Å². The number of hydrogen-bond acceptors (Lipinski definition) is 9. The molecule has 2 aromatic heterocycles. The van der Waals surface area contributed by atoms with Crippen LogP contribution in [0, 0.1) is 5.92 Å². The molecule has 2 aliphatic rings. The van der Waals surface area contributed by atoms with Crippen LogP contribution in [0.25, 0.3) is 5.57 Å². The number of carbonyl (C=O) groups is 1. The van der Waals surface area contributed by atoms with E-state index in [-0.39, 0.29) is 34.9 Å². The van der Waals surface area contributed by atoms with Gasteiger partial charge in [0.2, 0.25) is 0 Å². The lowest BCUT2D eigenvalue weighted by Gasteiger charge is -2.27. The Morgan fingerprint density at radius 3 is 2.63 bits per heavy atom. The summed E-state index contributed by atoms with van der Waals surface area (Å²) in [6, 6.07) is 5.32. The van der Waals surface area contributed by atoms with E-state index >= 15 is 0 Å². The fraction of sp³-hybridized carbons (Fsp3) is 0.556. The van der Waals surface area contributed by atoms with Crippen molar-refractivity contribution in [2.24, 2.45) is 11.7 Å². The molecule has 2 aromatic rings. The summed E-state index contributed by atoms with van der Waals surface area (Å²) in [5.41, 5.74) is 6.26. The first-order chi connectivity index (χ1) is 18.4. The fourth-order valence-electron chi connectivity index (χ4n) is 4.81. The standard InChI is InChI=1S/C25H35N7O3.C2H6O/c1-16-6-3-7-17(12-16)28-24(33)19(14-26)23-30-21(27-2)13-22(31-23)29-20-9-4-10-32(25(20)34)18-8-5-11-35-15-18;1-3-2/h4,9-10,13-14,16-18H,3,5-8,11-12,15,26H2,1-2H3,(H,28,33)(H2,27,29,30,31);1-2H3/b19-14+;/t16?,17-,18?;/m1./s1. The summed E-state index contributed by atoms with van der Waals surface area (Å²) in [7, 11) is 4.98. The first kappa shape index (κ1) is 29.1. The van der Waals surface area contributed by atoms with E-state index in [1.165, 1.54) is 12.6 Å². The highest BCUT2D eigenvalue weighted by Gasteiger charge is 2.24. The Morgan fingerprint density at radius 2 is 1.97 bits per heavy atom. The van der Waals surface area contributed by atoms with Crippen LogP contribution in [0.5, 0.6) is 0 Å². The van der Waals surface area contributed by atoms with Crippen LogP contribution >= 0.6 is 0 Å². The van der Waals surface area contributed by atoms with E-state index in [0.717, 1.165) is 38.7 Å². The molecule has 208 valence electrons. The van der Waals surface area contributed by atoms with Crippen LogP contribution in [0.4, 0.5) is 17.3 Å². The summed E-state index contributed by atoms with van der Waals surface area (Å²) >= 11 is 0. The maximum absolute atomic E-state index is 13.1. The van der Waals surface area contributed by atoms with Crippen LogP contribution < -0.4 is 27.2 Å². The Morgan fingerprint density at radius 1 is 1.21 bits per heavy atom. The molecule has 5 N–H and O–H groups in total. The van der Waals surface area contributed by atoms with Crippen molar-refractivity contribution in [3.63, 3.8) is 0 Å². The average Bonchev–Trinajstić information content (AvgIpc) is 2.91.